The van der Waals surface area contributed by atoms with Crippen LogP contribution >= 0.6 is 0 Å². The molecular formula is C7H12O4S. The molecule has 4 nitrogen and oxygen atoms in total. The molecule has 1 aliphatic heterocycles. The van der Waals surface area contributed by atoms with Crippen molar-refractivity contribution in [2.75, 3.05) is 18.1 Å². The van der Waals surface area contributed by atoms with Crippen molar-refractivity contribution < 1.29 is 18.3 Å². The van der Waals surface area contributed by atoms with Gasteiger partial charge >= 0.3 is 0 Å². The van der Waals surface area contributed by atoms with E-state index in [9.17, 15) is 13.2 Å². The van der Waals surface area contributed by atoms with E-state index < -0.39 is 15.3 Å². The van der Waals surface area contributed by atoms with Crippen LogP contribution in [0.1, 0.15) is 12.8 Å². The Labute approximate surface area is 71.5 Å². The summed E-state index contributed by atoms with van der Waals surface area (Å²) in [4.78, 5) is 10.6. The summed E-state index contributed by atoms with van der Waals surface area (Å²) in [5, 5.41) is 8.64. The highest BCUT2D eigenvalue weighted by Gasteiger charge is 2.41. The van der Waals surface area contributed by atoms with E-state index in [2.05, 4.69) is 0 Å². The van der Waals surface area contributed by atoms with Crippen LogP contribution in [0, 0.1) is 5.41 Å². The predicted molar refractivity (Wildman–Crippen MR) is 43.5 cm³/mol. The minimum Gasteiger partial charge on any atom is -0.396 e. The molecule has 0 spiro atoms. The molecule has 0 radical (unpaired) electrons. The zero-order chi connectivity index (χ0) is 9.24. The van der Waals surface area contributed by atoms with Crippen LogP contribution in [0.25, 0.3) is 0 Å². The lowest BCUT2D eigenvalue weighted by Crippen LogP contribution is -2.25. The van der Waals surface area contributed by atoms with E-state index in [4.69, 9.17) is 5.11 Å². The first kappa shape index (κ1) is 9.67. The number of carbonyl (C=O) groups excluding carboxylic acids is 1. The van der Waals surface area contributed by atoms with Gasteiger partial charge in [-0.1, -0.05) is 0 Å². The molecule has 70 valence electrons. The topological polar surface area (TPSA) is 71.4 Å². The van der Waals surface area contributed by atoms with Gasteiger partial charge in [0.2, 0.25) is 0 Å². The quantitative estimate of drug-likeness (QED) is 0.604. The molecule has 1 saturated heterocycles. The molecule has 1 atom stereocenters. The first-order chi connectivity index (χ1) is 5.54. The summed E-state index contributed by atoms with van der Waals surface area (Å²) in [5.41, 5.74) is -0.798. The second-order valence-corrected chi connectivity index (χ2v) is 5.48. The van der Waals surface area contributed by atoms with Crippen molar-refractivity contribution in [1.82, 2.24) is 0 Å². The van der Waals surface area contributed by atoms with Gasteiger partial charge in [-0.25, -0.2) is 8.42 Å². The van der Waals surface area contributed by atoms with E-state index in [1.807, 2.05) is 0 Å². The lowest BCUT2D eigenvalue weighted by Gasteiger charge is -2.17. The Morgan fingerprint density at radius 2 is 2.17 bits per heavy atom. The normalized spacial score (nSPS) is 33.4. The first-order valence-electron chi connectivity index (χ1n) is 3.81. The molecule has 0 aliphatic carbocycles. The highest BCUT2D eigenvalue weighted by Crippen LogP contribution is 2.33. The molecule has 1 fully saturated rings. The van der Waals surface area contributed by atoms with E-state index in [0.29, 0.717) is 12.7 Å². The van der Waals surface area contributed by atoms with Crippen molar-refractivity contribution in [1.29, 1.82) is 0 Å². The fourth-order valence-electron chi connectivity index (χ4n) is 1.51. The van der Waals surface area contributed by atoms with E-state index in [1.54, 1.807) is 0 Å². The number of aldehydes is 1. The van der Waals surface area contributed by atoms with E-state index >= 15 is 0 Å². The molecule has 1 rings (SSSR count). The highest BCUT2D eigenvalue weighted by molar-refractivity contribution is 7.91. The summed E-state index contributed by atoms with van der Waals surface area (Å²) in [5.74, 6) is -0.0181. The number of hydrogen-bond donors (Lipinski definition) is 1. The first-order valence-corrected chi connectivity index (χ1v) is 5.63. The van der Waals surface area contributed by atoms with Gasteiger partial charge in [-0.3, -0.25) is 0 Å². The van der Waals surface area contributed by atoms with Gasteiger partial charge in [0, 0.05) is 12.0 Å². The van der Waals surface area contributed by atoms with Crippen molar-refractivity contribution in [3.8, 4) is 0 Å². The molecule has 12 heavy (non-hydrogen) atoms. The largest absolute Gasteiger partial charge is 0.396 e. The van der Waals surface area contributed by atoms with Crippen molar-refractivity contribution in [2.24, 2.45) is 5.41 Å². The van der Waals surface area contributed by atoms with Gasteiger partial charge in [0.25, 0.3) is 0 Å². The van der Waals surface area contributed by atoms with Crippen molar-refractivity contribution in [3.63, 3.8) is 0 Å². The average molecular weight is 192 g/mol. The third-order valence-corrected chi connectivity index (χ3v) is 4.12. The maximum Gasteiger partial charge on any atom is 0.151 e. The van der Waals surface area contributed by atoms with Crippen LogP contribution in [-0.2, 0) is 14.6 Å². The molecule has 1 N–H and O–H groups in total. The SMILES string of the molecule is O=CC1(CCO)CCS(=O)(=O)C1. The number of hydrogen-bond acceptors (Lipinski definition) is 4. The highest BCUT2D eigenvalue weighted by atomic mass is 32.2. The molecule has 0 aromatic carbocycles. The maximum absolute atomic E-state index is 11.0. The van der Waals surface area contributed by atoms with Gasteiger partial charge in [0.1, 0.15) is 6.29 Å². The number of aliphatic hydroxyl groups is 1. The Morgan fingerprint density at radius 3 is 2.50 bits per heavy atom. The fraction of sp³-hybridized carbons (Fsp3) is 0.857. The van der Waals surface area contributed by atoms with Gasteiger partial charge in [-0.05, 0) is 12.8 Å². The fourth-order valence-corrected chi connectivity index (χ4v) is 3.61. The van der Waals surface area contributed by atoms with E-state index in [-0.39, 0.29) is 24.5 Å². The van der Waals surface area contributed by atoms with E-state index in [1.165, 1.54) is 0 Å². The van der Waals surface area contributed by atoms with Gasteiger partial charge in [0.05, 0.1) is 11.5 Å². The average Bonchev–Trinajstić information content (AvgIpc) is 2.29. The zero-order valence-corrected chi connectivity index (χ0v) is 7.51. The van der Waals surface area contributed by atoms with Crippen LogP contribution in [0.3, 0.4) is 0 Å². The number of carbonyl (C=O) groups is 1. The Balaban J connectivity index is 2.79. The Kier molecular flexibility index (Phi) is 2.53. The summed E-state index contributed by atoms with van der Waals surface area (Å²) < 4.78 is 22.1. The molecule has 0 aromatic heterocycles. The Hall–Kier alpha value is -0.420. The summed E-state index contributed by atoms with van der Waals surface area (Å²) >= 11 is 0. The van der Waals surface area contributed by atoms with Gasteiger partial charge in [-0.15, -0.1) is 0 Å². The molecule has 1 aliphatic rings. The second kappa shape index (κ2) is 3.14. The summed E-state index contributed by atoms with van der Waals surface area (Å²) in [6.45, 7) is -0.131. The third-order valence-electron chi connectivity index (χ3n) is 2.28. The maximum atomic E-state index is 11.0. The lowest BCUT2D eigenvalue weighted by molar-refractivity contribution is -0.115. The second-order valence-electron chi connectivity index (χ2n) is 3.30. The molecule has 0 aromatic rings. The minimum atomic E-state index is -3.03. The summed E-state index contributed by atoms with van der Waals surface area (Å²) in [7, 11) is -3.03. The molecule has 0 amide bonds. The predicted octanol–water partition coefficient (Wildman–Crippen LogP) is -0.627. The molecule has 1 unspecified atom stereocenters. The van der Waals surface area contributed by atoms with Crippen LogP contribution in [0.4, 0.5) is 0 Å². The van der Waals surface area contributed by atoms with Crippen LogP contribution in [0.2, 0.25) is 0 Å². The molecular weight excluding hydrogens is 180 g/mol. The van der Waals surface area contributed by atoms with Crippen LogP contribution in [0.5, 0.6) is 0 Å². The van der Waals surface area contributed by atoms with Crippen molar-refractivity contribution in [3.05, 3.63) is 0 Å². The minimum absolute atomic E-state index is 0.0751. The molecule has 0 bridgehead atoms. The summed E-state index contributed by atoms with van der Waals surface area (Å²) in [6.07, 6.45) is 1.29. The number of aliphatic hydroxyl groups excluding tert-OH is 1. The van der Waals surface area contributed by atoms with Crippen LogP contribution in [0.15, 0.2) is 0 Å². The smallest absolute Gasteiger partial charge is 0.151 e. The number of rotatable bonds is 3. The van der Waals surface area contributed by atoms with Crippen molar-refractivity contribution >= 4 is 16.1 Å². The van der Waals surface area contributed by atoms with Gasteiger partial charge < -0.3 is 9.90 Å². The number of sulfone groups is 1. The van der Waals surface area contributed by atoms with Crippen molar-refractivity contribution in [2.45, 2.75) is 12.8 Å². The zero-order valence-electron chi connectivity index (χ0n) is 6.69. The van der Waals surface area contributed by atoms with Gasteiger partial charge in [0.15, 0.2) is 9.84 Å². The van der Waals surface area contributed by atoms with E-state index in [0.717, 1.165) is 0 Å². The molecule has 1 heterocycles. The van der Waals surface area contributed by atoms with Gasteiger partial charge in [-0.2, -0.15) is 0 Å². The molecule has 0 saturated carbocycles. The Bertz CT molecular complexity index is 269. The lowest BCUT2D eigenvalue weighted by atomic mass is 9.86. The molecule has 5 heteroatoms. The third kappa shape index (κ3) is 1.84. The van der Waals surface area contributed by atoms with Crippen LogP contribution in [-0.4, -0.2) is 37.9 Å². The Morgan fingerprint density at radius 1 is 1.50 bits per heavy atom. The van der Waals surface area contributed by atoms with Crippen LogP contribution < -0.4 is 0 Å². The monoisotopic (exact) mass is 192 g/mol. The standard InChI is InChI=1S/C7H12O4S/c8-3-1-7(5-9)2-4-12(10,11)6-7/h5,8H,1-4,6H2. The summed E-state index contributed by atoms with van der Waals surface area (Å²) in [6, 6.07) is 0.